The molecule has 1 aromatic heterocycles. The van der Waals surface area contributed by atoms with Crippen LogP contribution in [0, 0.1) is 12.8 Å². The molecule has 7 N–H and O–H groups in total. The molecule has 79 heavy (non-hydrogen) atoms. The fraction of sp³-hybridized carbons (Fsp3) is 0.315. The Labute approximate surface area is 506 Å². The van der Waals surface area contributed by atoms with E-state index >= 15 is 0 Å². The van der Waals surface area contributed by atoms with Crippen LogP contribution in [0.2, 0.25) is 0 Å². The molecule has 0 radical (unpaired) electrons. The zero-order chi connectivity index (χ0) is 60.3. The number of aliphatic imine (C=N–C) groups is 1. The van der Waals surface area contributed by atoms with E-state index in [2.05, 4.69) is 107 Å². The maximum atomic E-state index is 11.9. The molecular weight excluding hydrogens is 1330 g/mol. The van der Waals surface area contributed by atoms with Crippen molar-refractivity contribution in [1.82, 2.24) is 10.5 Å². The number of aliphatic hydroxyl groups excluding tert-OH is 1. The summed E-state index contributed by atoms with van der Waals surface area (Å²) in [4.78, 5) is 82.6. The molecule has 0 aliphatic heterocycles. The van der Waals surface area contributed by atoms with Crippen molar-refractivity contribution < 1.29 is 67.3 Å². The first kappa shape index (κ1) is 80.0. The van der Waals surface area contributed by atoms with Crippen LogP contribution < -0.4 is 16.9 Å². The van der Waals surface area contributed by atoms with Gasteiger partial charge in [0, 0.05) is 68.9 Å². The number of aryl methyl sites for hydroxylation is 1. The van der Waals surface area contributed by atoms with Gasteiger partial charge in [-0.1, -0.05) is 117 Å². The molecule has 436 valence electrons. The van der Waals surface area contributed by atoms with E-state index in [4.69, 9.17) is 29.0 Å². The predicted octanol–water partition coefficient (Wildman–Crippen LogP) is 11.1. The lowest BCUT2D eigenvalue weighted by atomic mass is 9.93. The SMILES string of the molecule is CC(=O)Cl.CCOC(=O)C(C(C)=O)C(=NC)c1ccc(Br)cc1.CCOC(=O)C=C(NC)c1ccc(Br)cc1.CCOC(=O)CC(=O)c1ccc(Br)cc1.CCOC(=O)c1c(-c2ccc(Br)cc2)noc1C.CN.CO.Cl.NO. The van der Waals surface area contributed by atoms with Crippen molar-refractivity contribution in [2.75, 3.05) is 54.7 Å². The topological polar surface area (TPSA) is 299 Å². The number of carbonyl (C=O) groups is 7. The Morgan fingerprint density at radius 2 is 1.08 bits per heavy atom. The van der Waals surface area contributed by atoms with Gasteiger partial charge in [0.05, 0.1) is 32.1 Å². The molecule has 19 nitrogen and oxygen atoms in total. The highest BCUT2D eigenvalue weighted by Crippen LogP contribution is 2.27. The van der Waals surface area contributed by atoms with Gasteiger partial charge in [-0.25, -0.2) is 15.5 Å². The minimum absolute atomic E-state index is 0. The molecular formula is C54H69Br4Cl2N5O14. The molecule has 5 aromatic rings. The van der Waals surface area contributed by atoms with Crippen LogP contribution in [0.4, 0.5) is 0 Å². The number of halogens is 6. The largest absolute Gasteiger partial charge is 0.466 e. The first-order valence-corrected chi connectivity index (χ1v) is 26.7. The Bertz CT molecular complexity index is 2620. The number of hydrogen-bond acceptors (Lipinski definition) is 19. The Hall–Kier alpha value is -5.47. The highest BCUT2D eigenvalue weighted by molar-refractivity contribution is 9.11. The lowest BCUT2D eigenvalue weighted by Gasteiger charge is -2.15. The number of rotatable bonds is 16. The van der Waals surface area contributed by atoms with E-state index in [1.807, 2.05) is 72.8 Å². The van der Waals surface area contributed by atoms with Crippen molar-refractivity contribution in [3.8, 4) is 11.3 Å². The molecule has 0 amide bonds. The number of esters is 4. The van der Waals surface area contributed by atoms with Gasteiger partial charge in [-0.2, -0.15) is 0 Å². The number of ether oxygens (including phenoxy) is 4. The van der Waals surface area contributed by atoms with E-state index in [-0.39, 0.29) is 48.2 Å². The molecule has 0 spiro atoms. The molecule has 0 saturated carbocycles. The third kappa shape index (κ3) is 33.7. The molecule has 0 fully saturated rings. The van der Waals surface area contributed by atoms with E-state index in [0.717, 1.165) is 47.4 Å². The lowest BCUT2D eigenvalue weighted by molar-refractivity contribution is -0.148. The van der Waals surface area contributed by atoms with Crippen molar-refractivity contribution in [2.24, 2.45) is 22.5 Å². The van der Waals surface area contributed by atoms with Crippen LogP contribution >= 0.6 is 87.7 Å². The van der Waals surface area contributed by atoms with Crippen LogP contribution in [0.1, 0.15) is 85.6 Å². The second-order valence-electron chi connectivity index (χ2n) is 14.1. The van der Waals surface area contributed by atoms with E-state index in [1.54, 1.807) is 73.0 Å². The summed E-state index contributed by atoms with van der Waals surface area (Å²) in [7, 11) is 5.83. The summed E-state index contributed by atoms with van der Waals surface area (Å²) < 4.78 is 28.4. The highest BCUT2D eigenvalue weighted by atomic mass is 79.9. The molecule has 0 bridgehead atoms. The number of benzene rings is 4. The van der Waals surface area contributed by atoms with Gasteiger partial charge < -0.3 is 44.8 Å². The zero-order valence-corrected chi connectivity index (χ0v) is 53.5. The molecule has 4 aromatic carbocycles. The van der Waals surface area contributed by atoms with Gasteiger partial charge in [0.25, 0.3) is 0 Å². The van der Waals surface area contributed by atoms with Crippen LogP contribution in [-0.2, 0) is 42.9 Å². The van der Waals surface area contributed by atoms with Gasteiger partial charge >= 0.3 is 23.9 Å². The van der Waals surface area contributed by atoms with Crippen LogP contribution in [-0.4, -0.2) is 117 Å². The summed E-state index contributed by atoms with van der Waals surface area (Å²) in [6, 6.07) is 29.3. The second kappa shape index (κ2) is 48.4. The lowest BCUT2D eigenvalue weighted by Crippen LogP contribution is -2.32. The first-order valence-electron chi connectivity index (χ1n) is 23.2. The molecule has 0 aliphatic rings. The Morgan fingerprint density at radius 3 is 1.46 bits per heavy atom. The molecule has 0 aliphatic carbocycles. The second-order valence-corrected chi connectivity index (χ2v) is 18.2. The van der Waals surface area contributed by atoms with E-state index in [1.165, 1.54) is 27.0 Å². The summed E-state index contributed by atoms with van der Waals surface area (Å²) in [5.41, 5.74) is 9.59. The quantitative estimate of drug-likeness (QED) is 0.00896. The number of nitrogens with two attached hydrogens (primary N) is 2. The van der Waals surface area contributed by atoms with Gasteiger partial charge in [0.15, 0.2) is 11.7 Å². The van der Waals surface area contributed by atoms with Crippen molar-refractivity contribution in [3.63, 3.8) is 0 Å². The number of aromatic nitrogens is 1. The summed E-state index contributed by atoms with van der Waals surface area (Å²) in [5.74, 6) is 0.716. The molecule has 1 unspecified atom stereocenters. The smallest absolute Gasteiger partial charge is 0.344 e. The van der Waals surface area contributed by atoms with Crippen LogP contribution in [0.25, 0.3) is 17.0 Å². The Balaban J connectivity index is -0.000000448. The summed E-state index contributed by atoms with van der Waals surface area (Å²) >= 11 is 18.0. The van der Waals surface area contributed by atoms with Gasteiger partial charge in [0.1, 0.15) is 29.2 Å². The molecule has 1 atom stereocenters. The van der Waals surface area contributed by atoms with Crippen molar-refractivity contribution in [1.29, 1.82) is 0 Å². The Kier molecular flexibility index (Phi) is 49.1. The first-order chi connectivity index (χ1) is 37.2. The normalized spacial score (nSPS) is 10.1. The molecule has 5 rings (SSSR count). The van der Waals surface area contributed by atoms with Gasteiger partial charge in [-0.15, -0.1) is 12.4 Å². The molecule has 0 saturated heterocycles. The number of nitrogens with one attached hydrogen (secondary N) is 1. The number of Topliss-reactive ketones (excluding diaryl/α,β-unsaturated/α-hetero) is 2. The number of nitrogens with zero attached hydrogens (tertiary/aromatic N) is 2. The van der Waals surface area contributed by atoms with Gasteiger partial charge in [-0.05, 0) is 120 Å². The van der Waals surface area contributed by atoms with Gasteiger partial charge in [-0.3, -0.25) is 29.0 Å². The van der Waals surface area contributed by atoms with Crippen molar-refractivity contribution in [3.05, 3.63) is 149 Å². The number of aliphatic hydroxyl groups is 1. The van der Waals surface area contributed by atoms with Crippen molar-refractivity contribution >= 4 is 140 Å². The minimum Gasteiger partial charge on any atom is -0.466 e. The fourth-order valence-corrected chi connectivity index (χ4v) is 6.73. The predicted molar refractivity (Wildman–Crippen MR) is 323 cm³/mol. The average molecular weight is 1400 g/mol. The molecule has 1 heterocycles. The third-order valence-corrected chi connectivity index (χ3v) is 10.9. The average Bonchev–Trinajstić information content (AvgIpc) is 3.81. The Morgan fingerprint density at radius 1 is 0.684 bits per heavy atom. The van der Waals surface area contributed by atoms with Gasteiger partial charge in [0.2, 0.25) is 5.24 Å². The molecule has 25 heteroatoms. The van der Waals surface area contributed by atoms with E-state index < -0.39 is 23.8 Å². The summed E-state index contributed by atoms with van der Waals surface area (Å²) in [6.45, 7) is 12.6. The van der Waals surface area contributed by atoms with Crippen molar-refractivity contribution in [2.45, 2.75) is 54.9 Å². The highest BCUT2D eigenvalue weighted by Gasteiger charge is 2.31. The zero-order valence-electron chi connectivity index (χ0n) is 45.6. The maximum absolute atomic E-state index is 11.9. The third-order valence-electron chi connectivity index (χ3n) is 8.79. The van der Waals surface area contributed by atoms with E-state index in [0.29, 0.717) is 48.1 Å². The van der Waals surface area contributed by atoms with Crippen LogP contribution in [0.3, 0.4) is 0 Å². The monoisotopic (exact) mass is 1400 g/mol. The van der Waals surface area contributed by atoms with Crippen LogP contribution in [0.15, 0.2) is 131 Å². The minimum atomic E-state index is -0.967. The van der Waals surface area contributed by atoms with Crippen LogP contribution in [0.5, 0.6) is 0 Å². The number of carbonyl (C=O) groups excluding carboxylic acids is 7. The summed E-state index contributed by atoms with van der Waals surface area (Å²) in [6.07, 6.45) is 1.25. The fourth-order valence-electron chi connectivity index (χ4n) is 5.67. The maximum Gasteiger partial charge on any atom is 0.344 e. The van der Waals surface area contributed by atoms with E-state index in [9.17, 15) is 33.6 Å². The standard InChI is InChI=1S/C14H16BrNO3.C13H12BrNO3.C12H14BrNO2.C11H11BrO3.C2H3ClO.CH5N.CH4O.ClH.H3NO/c1-4-19-14(18)12(9(2)17)13(16-3)10-5-7-11(15)8-6-10;1-3-17-13(16)11-8(2)18-15-12(11)9-4-6-10(14)7-5-9;1-3-16-12(15)8-11(14-2)9-4-6-10(13)7-5-9;1-2-15-11(14)7-10(13)8-3-5-9(12)6-4-8;1-2(3)4;2*1-2;;1-2/h5-8,12H,4H2,1-3H3;4-7H,3H2,1-2H3;4-8,14H,3H2,1-2H3;3-6H,2,7H2,1H3;1H3;2H2,1H3;2H,1H3;1H;2H,1H2. The summed E-state index contributed by atoms with van der Waals surface area (Å²) in [5, 5.41) is 20.0. The number of hydrogen-bond donors (Lipinski definition) is 5. The number of ketones is 2.